The number of hydrogen-bond donors (Lipinski definition) is 0. The summed E-state index contributed by atoms with van der Waals surface area (Å²) in [4.78, 5) is 5.49. The topological polar surface area (TPSA) is 15.7 Å². The summed E-state index contributed by atoms with van der Waals surface area (Å²) < 4.78 is 6.66. The van der Waals surface area contributed by atoms with Gasteiger partial charge in [-0.1, -0.05) is 20.8 Å². The van der Waals surface area contributed by atoms with Gasteiger partial charge in [0, 0.05) is 25.7 Å². The van der Waals surface area contributed by atoms with Crippen LogP contribution in [0.1, 0.15) is 105 Å². The Morgan fingerprint density at radius 1 is 0.800 bits per heavy atom. The molecular weight excluding hydrogens is 368 g/mol. The first kappa shape index (κ1) is 23.1. The van der Waals surface area contributed by atoms with Crippen LogP contribution in [-0.2, 0) is 4.74 Å². The molecule has 2 heterocycles. The number of likely N-dealkylation sites (tertiary alicyclic amines) is 2. The summed E-state index contributed by atoms with van der Waals surface area (Å²) in [5.74, 6) is 0.852. The van der Waals surface area contributed by atoms with E-state index in [4.69, 9.17) is 4.74 Å². The molecule has 1 spiro atoms. The molecular formula is C27H50N2O. The van der Waals surface area contributed by atoms with Gasteiger partial charge < -0.3 is 14.5 Å². The number of piperidine rings is 2. The fraction of sp³-hybridized carbons (Fsp3) is 1.00. The SMILES string of the molecule is CCC(C)N1CCC2(CCC(OC3CCN(CC4(CC(C)C)CC4)CC3)CC2)CC1. The van der Waals surface area contributed by atoms with Crippen molar-refractivity contribution >= 4 is 0 Å². The minimum atomic E-state index is 0.535. The van der Waals surface area contributed by atoms with E-state index in [1.165, 1.54) is 110 Å². The zero-order valence-electron chi connectivity index (χ0n) is 20.6. The van der Waals surface area contributed by atoms with Gasteiger partial charge in [0.2, 0.25) is 0 Å². The van der Waals surface area contributed by atoms with Crippen LogP contribution in [0.3, 0.4) is 0 Å². The van der Waals surface area contributed by atoms with Crippen molar-refractivity contribution in [1.82, 2.24) is 9.80 Å². The second kappa shape index (κ2) is 9.79. The average Bonchev–Trinajstić information content (AvgIpc) is 3.49. The van der Waals surface area contributed by atoms with Gasteiger partial charge in [-0.3, -0.25) is 0 Å². The highest BCUT2D eigenvalue weighted by atomic mass is 16.5. The third-order valence-corrected chi connectivity index (χ3v) is 9.34. The molecule has 0 aromatic carbocycles. The number of rotatable bonds is 8. The van der Waals surface area contributed by atoms with Gasteiger partial charge in [0.15, 0.2) is 0 Å². The van der Waals surface area contributed by atoms with Crippen LogP contribution in [0.2, 0.25) is 0 Å². The highest BCUT2D eigenvalue weighted by Crippen LogP contribution is 2.51. The van der Waals surface area contributed by atoms with Crippen LogP contribution in [0.15, 0.2) is 0 Å². The maximum Gasteiger partial charge on any atom is 0.0603 e. The molecule has 0 amide bonds. The lowest BCUT2D eigenvalue weighted by Gasteiger charge is -2.47. The molecule has 2 aliphatic carbocycles. The highest BCUT2D eigenvalue weighted by Gasteiger charge is 2.44. The second-order valence-electron chi connectivity index (χ2n) is 12.2. The lowest BCUT2D eigenvalue weighted by atomic mass is 9.67. The van der Waals surface area contributed by atoms with Crippen molar-refractivity contribution in [1.29, 1.82) is 0 Å². The predicted molar refractivity (Wildman–Crippen MR) is 127 cm³/mol. The lowest BCUT2D eigenvalue weighted by molar-refractivity contribution is -0.0802. The Labute approximate surface area is 187 Å². The van der Waals surface area contributed by atoms with Gasteiger partial charge in [-0.05, 0) is 114 Å². The summed E-state index contributed by atoms with van der Waals surface area (Å²) in [5, 5.41) is 0. The first-order chi connectivity index (χ1) is 14.4. The molecule has 4 fully saturated rings. The molecule has 1 atom stereocenters. The van der Waals surface area contributed by atoms with E-state index in [0.29, 0.717) is 23.0 Å². The van der Waals surface area contributed by atoms with Crippen LogP contribution < -0.4 is 0 Å². The van der Waals surface area contributed by atoms with Crippen molar-refractivity contribution in [2.75, 3.05) is 32.7 Å². The monoisotopic (exact) mass is 418 g/mol. The van der Waals surface area contributed by atoms with Gasteiger partial charge in [0.05, 0.1) is 12.2 Å². The van der Waals surface area contributed by atoms with E-state index < -0.39 is 0 Å². The molecule has 3 nitrogen and oxygen atoms in total. The molecule has 0 aromatic heterocycles. The summed E-state index contributed by atoms with van der Waals surface area (Å²) in [5.41, 5.74) is 1.34. The average molecular weight is 419 g/mol. The standard InChI is InChI=1S/C27H50N2O/c1-5-23(4)29-18-14-26(15-19-29)10-6-24(7-11-26)30-25-8-16-28(17-9-25)21-27(12-13-27)20-22(2)3/h22-25H,5-21H2,1-4H3. The maximum atomic E-state index is 6.66. The van der Waals surface area contributed by atoms with E-state index in [1.54, 1.807) is 0 Å². The van der Waals surface area contributed by atoms with Crippen LogP contribution in [-0.4, -0.2) is 60.8 Å². The molecule has 4 aliphatic rings. The summed E-state index contributed by atoms with van der Waals surface area (Å²) in [7, 11) is 0. The molecule has 2 aliphatic heterocycles. The fourth-order valence-corrected chi connectivity index (χ4v) is 6.96. The normalized spacial score (nSPS) is 29.5. The molecule has 1 unspecified atom stereocenters. The van der Waals surface area contributed by atoms with Gasteiger partial charge in [0.25, 0.3) is 0 Å². The molecule has 2 saturated heterocycles. The fourth-order valence-electron chi connectivity index (χ4n) is 6.96. The lowest BCUT2D eigenvalue weighted by Crippen LogP contribution is -2.46. The zero-order valence-corrected chi connectivity index (χ0v) is 20.6. The maximum absolute atomic E-state index is 6.66. The highest BCUT2D eigenvalue weighted by molar-refractivity contribution is 4.97. The molecule has 4 rings (SSSR count). The van der Waals surface area contributed by atoms with E-state index in [2.05, 4.69) is 37.5 Å². The van der Waals surface area contributed by atoms with Gasteiger partial charge in [-0.25, -0.2) is 0 Å². The number of ether oxygens (including phenoxy) is 1. The quantitative estimate of drug-likeness (QED) is 0.472. The van der Waals surface area contributed by atoms with Crippen molar-refractivity contribution in [3.8, 4) is 0 Å². The van der Waals surface area contributed by atoms with Crippen molar-refractivity contribution in [2.24, 2.45) is 16.7 Å². The smallest absolute Gasteiger partial charge is 0.0603 e. The minimum Gasteiger partial charge on any atom is -0.375 e. The van der Waals surface area contributed by atoms with Gasteiger partial charge in [-0.15, -0.1) is 0 Å². The third kappa shape index (κ3) is 5.81. The van der Waals surface area contributed by atoms with Crippen LogP contribution in [0.5, 0.6) is 0 Å². The Morgan fingerprint density at radius 2 is 1.40 bits per heavy atom. The summed E-state index contributed by atoms with van der Waals surface area (Å²) in [6, 6.07) is 0.771. The molecule has 0 N–H and O–H groups in total. The van der Waals surface area contributed by atoms with E-state index in [9.17, 15) is 0 Å². The first-order valence-corrected chi connectivity index (χ1v) is 13.5. The van der Waals surface area contributed by atoms with Gasteiger partial charge in [0.1, 0.15) is 0 Å². The minimum absolute atomic E-state index is 0.535. The van der Waals surface area contributed by atoms with Crippen molar-refractivity contribution in [2.45, 2.75) is 123 Å². The molecule has 0 radical (unpaired) electrons. The molecule has 174 valence electrons. The van der Waals surface area contributed by atoms with E-state index >= 15 is 0 Å². The largest absolute Gasteiger partial charge is 0.375 e. The molecule has 0 bridgehead atoms. The third-order valence-electron chi connectivity index (χ3n) is 9.34. The van der Waals surface area contributed by atoms with Crippen LogP contribution in [0.25, 0.3) is 0 Å². The molecule has 0 aromatic rings. The second-order valence-corrected chi connectivity index (χ2v) is 12.2. The van der Waals surface area contributed by atoms with E-state index in [-0.39, 0.29) is 0 Å². The Balaban J connectivity index is 1.14. The van der Waals surface area contributed by atoms with E-state index in [0.717, 1.165) is 12.0 Å². The van der Waals surface area contributed by atoms with E-state index in [1.807, 2.05) is 0 Å². The Morgan fingerprint density at radius 3 is 1.93 bits per heavy atom. The Kier molecular flexibility index (Phi) is 7.52. The first-order valence-electron chi connectivity index (χ1n) is 13.5. The Hall–Kier alpha value is -0.120. The van der Waals surface area contributed by atoms with Crippen LogP contribution in [0.4, 0.5) is 0 Å². The zero-order chi connectivity index (χ0) is 21.2. The molecule has 30 heavy (non-hydrogen) atoms. The number of hydrogen-bond acceptors (Lipinski definition) is 3. The predicted octanol–water partition coefficient (Wildman–Crippen LogP) is 6.12. The van der Waals surface area contributed by atoms with Crippen molar-refractivity contribution in [3.05, 3.63) is 0 Å². The number of nitrogens with zero attached hydrogens (tertiary/aromatic N) is 2. The molecule has 2 saturated carbocycles. The van der Waals surface area contributed by atoms with Crippen LogP contribution >= 0.6 is 0 Å². The Bertz CT molecular complexity index is 517. The summed E-state index contributed by atoms with van der Waals surface area (Å²) >= 11 is 0. The van der Waals surface area contributed by atoms with Crippen molar-refractivity contribution < 1.29 is 4.74 Å². The summed E-state index contributed by atoms with van der Waals surface area (Å²) in [6.07, 6.45) is 17.6. The van der Waals surface area contributed by atoms with Gasteiger partial charge >= 0.3 is 0 Å². The molecule has 3 heteroatoms. The summed E-state index contributed by atoms with van der Waals surface area (Å²) in [6.45, 7) is 16.1. The van der Waals surface area contributed by atoms with Gasteiger partial charge in [-0.2, -0.15) is 0 Å². The van der Waals surface area contributed by atoms with Crippen molar-refractivity contribution in [3.63, 3.8) is 0 Å². The van der Waals surface area contributed by atoms with Crippen LogP contribution in [0, 0.1) is 16.7 Å².